The minimum absolute atomic E-state index is 0.0245. The SMILES string of the molecule is [C-]#[N+]c1c(-c2c[nH]c3ncc(F)cc23)nc(N[C@@H]2CCC[C@H](NC(=O)N3CCCC3)C2)c(F)c1-c1ccccc1. The number of aromatic amines is 1. The summed E-state index contributed by atoms with van der Waals surface area (Å²) >= 11 is 0. The molecule has 40 heavy (non-hydrogen) atoms. The molecular weight excluding hydrogens is 512 g/mol. The van der Waals surface area contributed by atoms with E-state index in [9.17, 15) is 9.18 Å². The number of pyridine rings is 2. The summed E-state index contributed by atoms with van der Waals surface area (Å²) in [5.41, 5.74) is 1.87. The molecule has 1 saturated carbocycles. The minimum atomic E-state index is -0.617. The van der Waals surface area contributed by atoms with Gasteiger partial charge in [0.2, 0.25) is 5.69 Å². The lowest BCUT2D eigenvalue weighted by Crippen LogP contribution is -2.47. The van der Waals surface area contributed by atoms with Crippen LogP contribution < -0.4 is 10.6 Å². The molecule has 2 amide bonds. The van der Waals surface area contributed by atoms with E-state index in [4.69, 9.17) is 6.57 Å². The van der Waals surface area contributed by atoms with Gasteiger partial charge in [0.15, 0.2) is 11.6 Å². The summed E-state index contributed by atoms with van der Waals surface area (Å²) < 4.78 is 30.4. The number of urea groups is 1. The number of anilines is 1. The Morgan fingerprint density at radius 2 is 1.88 bits per heavy atom. The van der Waals surface area contributed by atoms with Gasteiger partial charge >= 0.3 is 6.03 Å². The molecular formula is C30H29F2N7O. The Kier molecular flexibility index (Phi) is 7.03. The van der Waals surface area contributed by atoms with Crippen LogP contribution in [0.1, 0.15) is 38.5 Å². The summed E-state index contributed by atoms with van der Waals surface area (Å²) in [5.74, 6) is -1.12. The minimum Gasteiger partial charge on any atom is -0.365 e. The molecule has 6 rings (SSSR count). The third-order valence-electron chi connectivity index (χ3n) is 7.78. The lowest BCUT2D eigenvalue weighted by molar-refractivity contribution is 0.199. The molecule has 1 aromatic carbocycles. The van der Waals surface area contributed by atoms with Crippen molar-refractivity contribution in [1.82, 2.24) is 25.2 Å². The van der Waals surface area contributed by atoms with Crippen molar-refractivity contribution in [3.63, 3.8) is 0 Å². The fraction of sp³-hybridized carbons (Fsp3) is 0.333. The van der Waals surface area contributed by atoms with Crippen LogP contribution >= 0.6 is 0 Å². The molecule has 2 fully saturated rings. The summed E-state index contributed by atoms with van der Waals surface area (Å²) in [5, 5.41) is 6.90. The van der Waals surface area contributed by atoms with E-state index in [1.54, 1.807) is 30.5 Å². The van der Waals surface area contributed by atoms with Crippen LogP contribution in [-0.4, -0.2) is 51.1 Å². The van der Waals surface area contributed by atoms with Gasteiger partial charge in [0, 0.05) is 47.9 Å². The quantitative estimate of drug-likeness (QED) is 0.247. The van der Waals surface area contributed by atoms with E-state index in [2.05, 4.69) is 30.4 Å². The van der Waals surface area contributed by atoms with Crippen LogP contribution in [0.2, 0.25) is 0 Å². The van der Waals surface area contributed by atoms with Gasteiger partial charge in [-0.1, -0.05) is 30.3 Å². The summed E-state index contributed by atoms with van der Waals surface area (Å²) in [6.07, 6.45) is 7.94. The Bertz CT molecular complexity index is 1590. The van der Waals surface area contributed by atoms with Crippen molar-refractivity contribution in [2.24, 2.45) is 0 Å². The van der Waals surface area contributed by atoms with Crippen LogP contribution in [-0.2, 0) is 0 Å². The molecule has 10 heteroatoms. The van der Waals surface area contributed by atoms with Crippen molar-refractivity contribution < 1.29 is 13.6 Å². The molecule has 2 atom stereocenters. The van der Waals surface area contributed by atoms with Gasteiger partial charge in [-0.15, -0.1) is 0 Å². The molecule has 4 aromatic rings. The zero-order valence-corrected chi connectivity index (χ0v) is 21.9. The summed E-state index contributed by atoms with van der Waals surface area (Å²) in [4.78, 5) is 30.0. The summed E-state index contributed by atoms with van der Waals surface area (Å²) in [6.45, 7) is 9.52. The number of halogens is 2. The Balaban J connectivity index is 1.38. The van der Waals surface area contributed by atoms with Crippen molar-refractivity contribution in [2.45, 2.75) is 50.6 Å². The Labute approximate surface area is 230 Å². The van der Waals surface area contributed by atoms with Gasteiger partial charge in [0.1, 0.15) is 11.5 Å². The highest BCUT2D eigenvalue weighted by atomic mass is 19.1. The maximum atomic E-state index is 16.2. The number of hydrogen-bond acceptors (Lipinski definition) is 4. The van der Waals surface area contributed by atoms with Gasteiger partial charge < -0.3 is 20.5 Å². The number of fused-ring (bicyclic) bond motifs is 1. The molecule has 0 bridgehead atoms. The highest BCUT2D eigenvalue weighted by molar-refractivity contribution is 6.00. The van der Waals surface area contributed by atoms with E-state index in [0.717, 1.165) is 51.4 Å². The molecule has 3 aromatic heterocycles. The van der Waals surface area contributed by atoms with Crippen molar-refractivity contribution >= 4 is 28.6 Å². The van der Waals surface area contributed by atoms with Gasteiger partial charge in [-0.25, -0.2) is 28.4 Å². The first-order valence-corrected chi connectivity index (χ1v) is 13.6. The first-order valence-electron chi connectivity index (χ1n) is 13.6. The number of likely N-dealkylation sites (tertiary alicyclic amines) is 1. The largest absolute Gasteiger partial charge is 0.365 e. The number of nitrogens with zero attached hydrogens (tertiary/aromatic N) is 4. The maximum Gasteiger partial charge on any atom is 0.317 e. The van der Waals surface area contributed by atoms with E-state index in [-0.39, 0.29) is 40.9 Å². The number of aromatic nitrogens is 3. The molecule has 4 heterocycles. The van der Waals surface area contributed by atoms with E-state index < -0.39 is 11.6 Å². The van der Waals surface area contributed by atoms with E-state index in [1.165, 1.54) is 6.07 Å². The molecule has 3 N–H and O–H groups in total. The molecule has 0 spiro atoms. The number of H-pyrrole nitrogens is 1. The maximum absolute atomic E-state index is 16.2. The number of nitrogens with one attached hydrogen (secondary N) is 3. The number of amides is 2. The highest BCUT2D eigenvalue weighted by Crippen LogP contribution is 2.44. The molecule has 1 aliphatic heterocycles. The Morgan fingerprint density at radius 1 is 1.10 bits per heavy atom. The monoisotopic (exact) mass is 541 g/mol. The van der Waals surface area contributed by atoms with Crippen molar-refractivity contribution in [3.05, 3.63) is 71.8 Å². The number of benzene rings is 1. The van der Waals surface area contributed by atoms with Crippen LogP contribution in [0, 0.1) is 18.2 Å². The average molecular weight is 542 g/mol. The smallest absolute Gasteiger partial charge is 0.317 e. The fourth-order valence-electron chi connectivity index (χ4n) is 5.82. The molecule has 0 unspecified atom stereocenters. The molecule has 8 nitrogen and oxygen atoms in total. The third kappa shape index (κ3) is 4.95. The van der Waals surface area contributed by atoms with E-state index >= 15 is 4.39 Å². The highest BCUT2D eigenvalue weighted by Gasteiger charge is 2.29. The second kappa shape index (κ2) is 10.9. The van der Waals surface area contributed by atoms with E-state index in [0.29, 0.717) is 28.6 Å². The zero-order valence-electron chi connectivity index (χ0n) is 21.9. The van der Waals surface area contributed by atoms with Gasteiger partial charge in [-0.3, -0.25) is 0 Å². The fourth-order valence-corrected chi connectivity index (χ4v) is 5.82. The summed E-state index contributed by atoms with van der Waals surface area (Å²) in [6, 6.07) is 10.0. The molecule has 0 radical (unpaired) electrons. The number of carbonyl (C=O) groups is 1. The van der Waals surface area contributed by atoms with Crippen LogP contribution in [0.25, 0.3) is 38.3 Å². The lowest BCUT2D eigenvalue weighted by atomic mass is 9.91. The third-order valence-corrected chi connectivity index (χ3v) is 7.78. The van der Waals surface area contributed by atoms with Gasteiger partial charge in [-0.05, 0) is 50.2 Å². The first-order chi connectivity index (χ1) is 19.5. The van der Waals surface area contributed by atoms with Crippen LogP contribution in [0.5, 0.6) is 0 Å². The first kappa shape index (κ1) is 25.7. The Hall–Kier alpha value is -4.52. The van der Waals surface area contributed by atoms with Crippen LogP contribution in [0.4, 0.5) is 25.1 Å². The van der Waals surface area contributed by atoms with Gasteiger partial charge in [-0.2, -0.15) is 0 Å². The Morgan fingerprint density at radius 3 is 2.65 bits per heavy atom. The van der Waals surface area contributed by atoms with Crippen LogP contribution in [0.3, 0.4) is 0 Å². The number of rotatable bonds is 5. The average Bonchev–Trinajstić information content (AvgIpc) is 3.65. The van der Waals surface area contributed by atoms with Crippen molar-refractivity contribution in [2.75, 3.05) is 18.4 Å². The molecule has 2 aliphatic rings. The lowest BCUT2D eigenvalue weighted by Gasteiger charge is -2.32. The zero-order chi connectivity index (χ0) is 27.6. The normalized spacial score (nSPS) is 19.0. The van der Waals surface area contributed by atoms with Crippen LogP contribution in [0.15, 0.2) is 48.8 Å². The predicted octanol–water partition coefficient (Wildman–Crippen LogP) is 6.65. The predicted molar refractivity (Wildman–Crippen MR) is 150 cm³/mol. The van der Waals surface area contributed by atoms with Gasteiger partial charge in [0.05, 0.1) is 18.5 Å². The van der Waals surface area contributed by atoms with Crippen molar-refractivity contribution in [3.8, 4) is 22.4 Å². The topological polar surface area (TPSA) is 90.3 Å². The van der Waals surface area contributed by atoms with E-state index in [1.807, 2.05) is 11.0 Å². The molecule has 1 aliphatic carbocycles. The summed E-state index contributed by atoms with van der Waals surface area (Å²) in [7, 11) is 0. The number of hydrogen-bond donors (Lipinski definition) is 3. The molecule has 1 saturated heterocycles. The van der Waals surface area contributed by atoms with Gasteiger partial charge in [0.25, 0.3) is 0 Å². The molecule has 204 valence electrons. The second-order valence-electron chi connectivity index (χ2n) is 10.4. The standard InChI is InChI=1S/C30H29F2N7O/c1-33-27-24(18-8-3-2-4-9-18)25(32)29(38-26(27)23-17-35-28-22(23)14-19(31)16-34-28)36-20-10-7-11-21(15-20)37-30(40)39-12-5-6-13-39/h2-4,8-9,14,16-17,20-21H,5-7,10-13,15H2,(H,34,35)(H,36,38)(H,37,40)/t20-,21+/m1/s1. The number of carbonyl (C=O) groups excluding carboxylic acids is 1. The van der Waals surface area contributed by atoms with Crippen molar-refractivity contribution in [1.29, 1.82) is 0 Å². The second-order valence-corrected chi connectivity index (χ2v) is 10.4.